The van der Waals surface area contributed by atoms with Gasteiger partial charge < -0.3 is 4.74 Å². The highest BCUT2D eigenvalue weighted by molar-refractivity contribution is 6.19. The fraction of sp³-hybridized carbons (Fsp3) is 0.500. The molecule has 1 fully saturated rings. The summed E-state index contributed by atoms with van der Waals surface area (Å²) in [5.41, 5.74) is 1.37. The number of ether oxygens (including phenoxy) is 1. The average Bonchev–Trinajstić information content (AvgIpc) is 2.72. The summed E-state index contributed by atoms with van der Waals surface area (Å²) < 4.78 is 7.59. The van der Waals surface area contributed by atoms with Crippen LogP contribution >= 0.6 is 11.6 Å². The summed E-state index contributed by atoms with van der Waals surface area (Å²) in [6.45, 7) is 0. The molecular weight excluding hydrogens is 228 g/mol. The quantitative estimate of drug-likeness (QED) is 0.714. The first-order valence-corrected chi connectivity index (χ1v) is 5.70. The maximum Gasteiger partial charge on any atom is 0.165 e. The number of hydrogen-bond donors (Lipinski definition) is 0. The summed E-state index contributed by atoms with van der Waals surface area (Å²) >= 11 is 5.99. The molecule has 16 heavy (non-hydrogen) atoms. The van der Waals surface area contributed by atoms with Gasteiger partial charge in [-0.2, -0.15) is 0 Å². The Balaban J connectivity index is 1.99. The number of hydrogen-bond acceptors (Lipinski definition) is 4. The Bertz CT molecular complexity index is 500. The normalized spacial score (nSPS) is 26.1. The zero-order valence-electron chi connectivity index (χ0n) is 8.58. The first-order valence-electron chi connectivity index (χ1n) is 5.26. The molecule has 3 heterocycles. The van der Waals surface area contributed by atoms with Crippen LogP contribution in [-0.2, 0) is 4.74 Å². The monoisotopic (exact) mass is 238 g/mol. The summed E-state index contributed by atoms with van der Waals surface area (Å²) in [5, 5.41) is 0. The Hall–Kier alpha value is -1.20. The minimum Gasteiger partial charge on any atom is -0.339 e. The number of alkyl halides is 1. The van der Waals surface area contributed by atoms with Crippen LogP contribution in [0, 0.1) is 0 Å². The van der Waals surface area contributed by atoms with Gasteiger partial charge in [0.05, 0.1) is 12.5 Å². The molecule has 0 spiro atoms. The van der Waals surface area contributed by atoms with Crippen LogP contribution in [0.5, 0.6) is 0 Å². The molecule has 1 aliphatic heterocycles. The molecule has 2 unspecified atom stereocenters. The lowest BCUT2D eigenvalue weighted by atomic mass is 10.2. The second-order valence-corrected chi connectivity index (χ2v) is 4.30. The Morgan fingerprint density at radius 1 is 1.38 bits per heavy atom. The van der Waals surface area contributed by atoms with Crippen molar-refractivity contribution in [2.45, 2.75) is 31.1 Å². The van der Waals surface area contributed by atoms with E-state index in [1.807, 2.05) is 4.57 Å². The first-order chi connectivity index (χ1) is 7.84. The third kappa shape index (κ3) is 1.66. The molecule has 0 N–H and O–H groups in total. The van der Waals surface area contributed by atoms with Crippen LogP contribution in [0.4, 0.5) is 0 Å². The van der Waals surface area contributed by atoms with Gasteiger partial charge in [-0.3, -0.25) is 4.57 Å². The van der Waals surface area contributed by atoms with E-state index in [0.29, 0.717) is 0 Å². The highest BCUT2D eigenvalue weighted by Gasteiger charge is 2.23. The van der Waals surface area contributed by atoms with Gasteiger partial charge in [0.1, 0.15) is 23.6 Å². The van der Waals surface area contributed by atoms with Crippen molar-refractivity contribution in [1.82, 2.24) is 19.5 Å². The van der Waals surface area contributed by atoms with Gasteiger partial charge in [0, 0.05) is 0 Å². The number of fused-ring (bicyclic) bond motifs is 1. The third-order valence-corrected chi connectivity index (χ3v) is 3.06. The largest absolute Gasteiger partial charge is 0.339 e. The molecule has 3 rings (SSSR count). The van der Waals surface area contributed by atoms with Crippen molar-refractivity contribution in [1.29, 1.82) is 0 Å². The van der Waals surface area contributed by atoms with E-state index in [2.05, 4.69) is 15.0 Å². The van der Waals surface area contributed by atoms with E-state index in [-0.39, 0.29) is 11.8 Å². The van der Waals surface area contributed by atoms with E-state index >= 15 is 0 Å². The van der Waals surface area contributed by atoms with Gasteiger partial charge in [-0.1, -0.05) is 11.6 Å². The molecule has 1 saturated heterocycles. The van der Waals surface area contributed by atoms with E-state index in [1.54, 1.807) is 12.5 Å². The van der Waals surface area contributed by atoms with Crippen molar-refractivity contribution < 1.29 is 4.74 Å². The minimum atomic E-state index is -0.210. The van der Waals surface area contributed by atoms with Gasteiger partial charge in [-0.15, -0.1) is 0 Å². The van der Waals surface area contributed by atoms with E-state index in [1.165, 1.54) is 6.33 Å². The topological polar surface area (TPSA) is 52.8 Å². The fourth-order valence-corrected chi connectivity index (χ4v) is 2.23. The predicted octanol–water partition coefficient (Wildman–Crippen LogP) is 2.09. The van der Waals surface area contributed by atoms with E-state index in [9.17, 15) is 0 Å². The Morgan fingerprint density at radius 2 is 2.31 bits per heavy atom. The van der Waals surface area contributed by atoms with Gasteiger partial charge in [0.25, 0.3) is 0 Å². The summed E-state index contributed by atoms with van der Waals surface area (Å²) in [5.74, 6) is 0. The maximum absolute atomic E-state index is 5.99. The van der Waals surface area contributed by atoms with Gasteiger partial charge in [0.15, 0.2) is 5.65 Å². The molecule has 5 nitrogen and oxygen atoms in total. The summed E-state index contributed by atoms with van der Waals surface area (Å²) in [6, 6.07) is 0. The van der Waals surface area contributed by atoms with Crippen molar-refractivity contribution in [3.05, 3.63) is 18.9 Å². The fourth-order valence-electron chi connectivity index (χ4n) is 1.96. The zero-order valence-corrected chi connectivity index (χ0v) is 9.34. The molecule has 6 heteroatoms. The molecule has 0 bridgehead atoms. The SMILES string of the molecule is ClC1CCCC(n2cnc3cncnc32)O1. The van der Waals surface area contributed by atoms with Gasteiger partial charge in [0.2, 0.25) is 0 Å². The average molecular weight is 239 g/mol. The van der Waals surface area contributed by atoms with E-state index in [4.69, 9.17) is 16.3 Å². The molecular formula is C10H11ClN4O. The lowest BCUT2D eigenvalue weighted by Gasteiger charge is -2.27. The van der Waals surface area contributed by atoms with Crippen molar-refractivity contribution in [2.24, 2.45) is 0 Å². The number of halogens is 1. The zero-order chi connectivity index (χ0) is 11.0. The Labute approximate surface area is 97.4 Å². The lowest BCUT2D eigenvalue weighted by molar-refractivity contribution is -0.0509. The number of aromatic nitrogens is 4. The predicted molar refractivity (Wildman–Crippen MR) is 58.9 cm³/mol. The molecule has 0 aromatic carbocycles. The van der Waals surface area contributed by atoms with Crippen molar-refractivity contribution in [3.8, 4) is 0 Å². The van der Waals surface area contributed by atoms with Crippen LogP contribution in [0.25, 0.3) is 11.2 Å². The van der Waals surface area contributed by atoms with E-state index < -0.39 is 0 Å². The molecule has 84 valence electrons. The standard InChI is InChI=1S/C10H11ClN4O/c11-8-2-1-3-9(16-8)15-6-14-7-4-12-5-13-10(7)15/h4-6,8-9H,1-3H2. The maximum atomic E-state index is 5.99. The van der Waals surface area contributed by atoms with Crippen LogP contribution in [0.3, 0.4) is 0 Å². The molecule has 0 aliphatic carbocycles. The van der Waals surface area contributed by atoms with Crippen LogP contribution in [0.2, 0.25) is 0 Å². The third-order valence-electron chi connectivity index (χ3n) is 2.74. The van der Waals surface area contributed by atoms with Crippen molar-refractivity contribution >= 4 is 22.8 Å². The Morgan fingerprint density at radius 3 is 3.19 bits per heavy atom. The van der Waals surface area contributed by atoms with Crippen molar-refractivity contribution in [3.63, 3.8) is 0 Å². The highest BCUT2D eigenvalue weighted by Crippen LogP contribution is 2.30. The van der Waals surface area contributed by atoms with E-state index in [0.717, 1.165) is 30.4 Å². The van der Waals surface area contributed by atoms with Gasteiger partial charge in [-0.05, 0) is 19.3 Å². The lowest BCUT2D eigenvalue weighted by Crippen LogP contribution is -2.22. The molecule has 0 saturated carbocycles. The van der Waals surface area contributed by atoms with Gasteiger partial charge in [-0.25, -0.2) is 15.0 Å². The second-order valence-electron chi connectivity index (χ2n) is 3.82. The number of imidazole rings is 1. The molecule has 2 aromatic heterocycles. The van der Waals surface area contributed by atoms with Crippen LogP contribution in [0.1, 0.15) is 25.5 Å². The second kappa shape index (κ2) is 3.99. The van der Waals surface area contributed by atoms with Crippen LogP contribution in [0.15, 0.2) is 18.9 Å². The van der Waals surface area contributed by atoms with Crippen LogP contribution in [-0.4, -0.2) is 25.1 Å². The molecule has 0 radical (unpaired) electrons. The summed E-state index contributed by atoms with van der Waals surface area (Å²) in [6.07, 6.45) is 7.79. The highest BCUT2D eigenvalue weighted by atomic mass is 35.5. The number of rotatable bonds is 1. The molecule has 2 aromatic rings. The summed E-state index contributed by atoms with van der Waals surface area (Å²) in [7, 11) is 0. The molecule has 0 amide bonds. The minimum absolute atomic E-state index is 0.0591. The molecule has 2 atom stereocenters. The first kappa shape index (κ1) is 9.99. The number of nitrogens with zero attached hydrogens (tertiary/aromatic N) is 4. The summed E-state index contributed by atoms with van der Waals surface area (Å²) in [4.78, 5) is 12.4. The Kier molecular flexibility index (Phi) is 2.49. The van der Waals surface area contributed by atoms with Gasteiger partial charge >= 0.3 is 0 Å². The smallest absolute Gasteiger partial charge is 0.165 e. The molecule has 1 aliphatic rings. The van der Waals surface area contributed by atoms with Crippen LogP contribution < -0.4 is 0 Å². The van der Waals surface area contributed by atoms with Crippen molar-refractivity contribution in [2.75, 3.05) is 0 Å².